The molecular formula is C28H34FN3O4S. The van der Waals surface area contributed by atoms with Gasteiger partial charge in [0, 0.05) is 44.8 Å². The van der Waals surface area contributed by atoms with Crippen molar-refractivity contribution in [3.8, 4) is 0 Å². The number of hydrogen-bond acceptors (Lipinski definition) is 7. The molecule has 198 valence electrons. The summed E-state index contributed by atoms with van der Waals surface area (Å²) in [5.41, 5.74) is 2.33. The average Bonchev–Trinajstić information content (AvgIpc) is 3.32. The van der Waals surface area contributed by atoms with E-state index >= 15 is 4.39 Å². The molecule has 37 heavy (non-hydrogen) atoms. The third-order valence-corrected chi connectivity index (χ3v) is 10.5. The van der Waals surface area contributed by atoms with Gasteiger partial charge in [0.05, 0.1) is 16.2 Å². The van der Waals surface area contributed by atoms with Gasteiger partial charge in [0.2, 0.25) is 0 Å². The highest BCUT2D eigenvalue weighted by atomic mass is 32.2. The van der Waals surface area contributed by atoms with E-state index in [0.29, 0.717) is 50.6 Å². The second-order valence-electron chi connectivity index (χ2n) is 10.1. The number of nitrogens with zero attached hydrogens (tertiary/aromatic N) is 1. The minimum Gasteiger partial charge on any atom is -0.449 e. The van der Waals surface area contributed by atoms with Gasteiger partial charge < -0.3 is 19.8 Å². The van der Waals surface area contributed by atoms with Crippen molar-refractivity contribution in [1.82, 2.24) is 15.6 Å². The zero-order valence-electron chi connectivity index (χ0n) is 21.2. The molecule has 0 radical (unpaired) electrons. The van der Waals surface area contributed by atoms with Crippen molar-refractivity contribution in [2.24, 2.45) is 0 Å². The van der Waals surface area contributed by atoms with Gasteiger partial charge in [0.1, 0.15) is 12.1 Å². The van der Waals surface area contributed by atoms with Crippen LogP contribution in [0.25, 0.3) is 0 Å². The summed E-state index contributed by atoms with van der Waals surface area (Å²) in [4.78, 5) is 4.37. The molecule has 9 heteroatoms. The first-order chi connectivity index (χ1) is 17.8. The molecule has 3 atom stereocenters. The molecule has 5 rings (SSSR count). The maximum Gasteiger partial charge on any atom is 0.191 e. The van der Waals surface area contributed by atoms with Crippen LogP contribution in [-0.4, -0.2) is 44.5 Å². The first-order valence-electron chi connectivity index (χ1n) is 12.8. The van der Waals surface area contributed by atoms with Gasteiger partial charge in [-0.3, -0.25) is 0 Å². The van der Waals surface area contributed by atoms with Crippen LogP contribution < -0.4 is 10.6 Å². The van der Waals surface area contributed by atoms with Crippen LogP contribution in [0.1, 0.15) is 53.3 Å². The molecule has 0 saturated carbocycles. The summed E-state index contributed by atoms with van der Waals surface area (Å²) >= 11 is 0. The number of aryl methyl sites for hydroxylation is 1. The number of nitrogens with one attached hydrogen (secondary N) is 2. The molecule has 3 heterocycles. The Hall–Kier alpha value is -2.59. The molecule has 1 unspecified atom stereocenters. The lowest BCUT2D eigenvalue weighted by Crippen LogP contribution is -2.53. The van der Waals surface area contributed by atoms with Crippen molar-refractivity contribution in [3.63, 3.8) is 0 Å². The van der Waals surface area contributed by atoms with E-state index in [1.54, 1.807) is 25.3 Å². The fraction of sp³-hybridized carbons (Fsp3) is 0.464. The molecule has 7 nitrogen and oxygen atoms in total. The van der Waals surface area contributed by atoms with E-state index in [2.05, 4.69) is 15.6 Å². The Morgan fingerprint density at radius 1 is 1.16 bits per heavy atom. The summed E-state index contributed by atoms with van der Waals surface area (Å²) in [6, 6.07) is 14.2. The quantitative estimate of drug-likeness (QED) is 0.480. The minimum atomic E-state index is -3.54. The number of aromatic nitrogens is 1. The predicted octanol–water partition coefficient (Wildman–Crippen LogP) is 3.98. The standard InChI is InChI=1S/C28H34FN3O4S/c1-19-26(37(33,34)27(17-30-19)21-6-4-3-5-7-21)14-22-8-9-23(15-25(22)29)28(10-12-35-13-11-28)31-16-24-18-36-20(2)32-24/h3-9,15,18-19,26-27,30-31H,10-14,16-17H2,1-2H3/t19-,26?,27-/m0/s1. The smallest absolute Gasteiger partial charge is 0.191 e. The minimum absolute atomic E-state index is 0.119. The number of rotatable bonds is 7. The van der Waals surface area contributed by atoms with Crippen LogP contribution in [0.15, 0.2) is 59.2 Å². The third-order valence-electron chi connectivity index (χ3n) is 7.82. The van der Waals surface area contributed by atoms with Gasteiger partial charge in [-0.2, -0.15) is 0 Å². The van der Waals surface area contributed by atoms with Crippen molar-refractivity contribution in [3.05, 3.63) is 88.9 Å². The average molecular weight is 528 g/mol. The summed E-state index contributed by atoms with van der Waals surface area (Å²) in [5.74, 6) is 0.218. The van der Waals surface area contributed by atoms with Crippen molar-refractivity contribution in [2.75, 3.05) is 19.8 Å². The summed E-state index contributed by atoms with van der Waals surface area (Å²) in [6.07, 6.45) is 3.13. The van der Waals surface area contributed by atoms with Gasteiger partial charge in [-0.25, -0.2) is 17.8 Å². The predicted molar refractivity (Wildman–Crippen MR) is 139 cm³/mol. The van der Waals surface area contributed by atoms with Gasteiger partial charge >= 0.3 is 0 Å². The molecule has 0 bridgehead atoms. The lowest BCUT2D eigenvalue weighted by atomic mass is 9.82. The van der Waals surface area contributed by atoms with Gasteiger partial charge in [0.25, 0.3) is 0 Å². The highest BCUT2D eigenvalue weighted by molar-refractivity contribution is 7.92. The molecule has 2 aliphatic rings. The fourth-order valence-electron chi connectivity index (χ4n) is 5.57. The van der Waals surface area contributed by atoms with E-state index in [-0.39, 0.29) is 18.3 Å². The van der Waals surface area contributed by atoms with E-state index in [1.807, 2.05) is 43.3 Å². The molecule has 0 aliphatic carbocycles. The van der Waals surface area contributed by atoms with Crippen molar-refractivity contribution < 1.29 is 22.0 Å². The molecular weight excluding hydrogens is 493 g/mol. The van der Waals surface area contributed by atoms with E-state index in [1.165, 1.54) is 0 Å². The van der Waals surface area contributed by atoms with Gasteiger partial charge in [-0.15, -0.1) is 0 Å². The number of hydrogen-bond donors (Lipinski definition) is 2. The largest absolute Gasteiger partial charge is 0.449 e. The van der Waals surface area contributed by atoms with E-state index < -0.39 is 25.9 Å². The molecule has 2 aromatic carbocycles. The lowest BCUT2D eigenvalue weighted by Gasteiger charge is -2.39. The Balaban J connectivity index is 1.38. The van der Waals surface area contributed by atoms with Crippen LogP contribution in [-0.2, 0) is 33.1 Å². The lowest BCUT2D eigenvalue weighted by molar-refractivity contribution is 0.0355. The Morgan fingerprint density at radius 3 is 2.59 bits per heavy atom. The number of sulfone groups is 1. The van der Waals surface area contributed by atoms with Gasteiger partial charge in [-0.05, 0) is 48.9 Å². The Labute approximate surface area is 217 Å². The monoisotopic (exact) mass is 527 g/mol. The second kappa shape index (κ2) is 10.6. The van der Waals surface area contributed by atoms with Crippen LogP contribution in [0.4, 0.5) is 4.39 Å². The van der Waals surface area contributed by atoms with Crippen molar-refractivity contribution >= 4 is 9.84 Å². The molecule has 2 fully saturated rings. The third kappa shape index (κ3) is 5.36. The van der Waals surface area contributed by atoms with E-state index in [9.17, 15) is 8.42 Å². The molecule has 0 spiro atoms. The summed E-state index contributed by atoms with van der Waals surface area (Å²) in [5, 5.41) is 5.55. The van der Waals surface area contributed by atoms with E-state index in [0.717, 1.165) is 16.8 Å². The zero-order valence-corrected chi connectivity index (χ0v) is 22.1. The highest BCUT2D eigenvalue weighted by Crippen LogP contribution is 2.36. The van der Waals surface area contributed by atoms with Crippen LogP contribution >= 0.6 is 0 Å². The zero-order chi connectivity index (χ0) is 26.0. The maximum absolute atomic E-state index is 15.6. The molecule has 0 amide bonds. The summed E-state index contributed by atoms with van der Waals surface area (Å²) in [6.45, 7) is 5.64. The number of benzene rings is 2. The summed E-state index contributed by atoms with van der Waals surface area (Å²) in [7, 11) is -3.54. The van der Waals surface area contributed by atoms with Crippen LogP contribution in [0.5, 0.6) is 0 Å². The number of ether oxygens (including phenoxy) is 1. The fourth-order valence-corrected chi connectivity index (χ4v) is 7.93. The molecule has 2 N–H and O–H groups in total. The van der Waals surface area contributed by atoms with Gasteiger partial charge in [-0.1, -0.05) is 42.5 Å². The van der Waals surface area contributed by atoms with Crippen molar-refractivity contribution in [1.29, 1.82) is 0 Å². The van der Waals surface area contributed by atoms with Crippen LogP contribution in [0.3, 0.4) is 0 Å². The normalized spacial score (nSPS) is 25.1. The van der Waals surface area contributed by atoms with Crippen LogP contribution in [0, 0.1) is 12.7 Å². The van der Waals surface area contributed by atoms with Crippen molar-refractivity contribution in [2.45, 2.75) is 61.7 Å². The molecule has 1 aromatic heterocycles. The Kier molecular flexibility index (Phi) is 7.49. The SMILES string of the molecule is Cc1nc(CNC2(c3ccc(CC4[C@H](C)NC[C@@H](c5ccccc5)S4(=O)=O)c(F)c3)CCOCC2)co1. The van der Waals surface area contributed by atoms with Crippen LogP contribution in [0.2, 0.25) is 0 Å². The van der Waals surface area contributed by atoms with E-state index in [4.69, 9.17) is 9.15 Å². The number of oxazole rings is 1. The summed E-state index contributed by atoms with van der Waals surface area (Å²) < 4.78 is 53.8. The molecule has 3 aromatic rings. The topological polar surface area (TPSA) is 93.5 Å². The Bertz CT molecular complexity index is 1320. The molecule has 2 saturated heterocycles. The maximum atomic E-state index is 15.6. The second-order valence-corrected chi connectivity index (χ2v) is 12.5. The van der Waals surface area contributed by atoms with Gasteiger partial charge in [0.15, 0.2) is 15.7 Å². The first-order valence-corrected chi connectivity index (χ1v) is 14.4. The highest BCUT2D eigenvalue weighted by Gasteiger charge is 2.43. The first kappa shape index (κ1) is 26.0. The Morgan fingerprint density at radius 2 is 1.92 bits per heavy atom. The molecule has 2 aliphatic heterocycles. The number of halogens is 1.